The molecule has 8 heteroatoms. The Hall–Kier alpha value is -2.38. The lowest BCUT2D eigenvalue weighted by Crippen LogP contribution is -2.47. The summed E-state index contributed by atoms with van der Waals surface area (Å²) in [7, 11) is 0. The van der Waals surface area contributed by atoms with E-state index in [0.29, 0.717) is 17.5 Å². The van der Waals surface area contributed by atoms with Crippen LogP contribution in [-0.2, 0) is 0 Å². The van der Waals surface area contributed by atoms with Gasteiger partial charge in [-0.05, 0) is 44.4 Å². The van der Waals surface area contributed by atoms with Gasteiger partial charge in [0.15, 0.2) is 5.69 Å². The average Bonchev–Trinajstić information content (AvgIpc) is 2.83. The molecular formula is C23H31ClN6O. The third-order valence-corrected chi connectivity index (χ3v) is 6.29. The van der Waals surface area contributed by atoms with Gasteiger partial charge in [-0.2, -0.15) is 0 Å². The van der Waals surface area contributed by atoms with Gasteiger partial charge in [0.1, 0.15) is 0 Å². The van der Waals surface area contributed by atoms with Crippen molar-refractivity contribution in [2.75, 3.05) is 62.2 Å². The van der Waals surface area contributed by atoms with E-state index < -0.39 is 0 Å². The number of hydrogen-bond donors (Lipinski definition) is 1. The number of amides is 1. The van der Waals surface area contributed by atoms with Gasteiger partial charge in [0, 0.05) is 51.5 Å². The van der Waals surface area contributed by atoms with Crippen LogP contribution in [0.25, 0.3) is 0 Å². The first-order chi connectivity index (χ1) is 15.2. The fraction of sp³-hybridized carbons (Fsp3) is 0.522. The van der Waals surface area contributed by atoms with Gasteiger partial charge < -0.3 is 15.1 Å². The molecule has 4 rings (SSSR count). The van der Waals surface area contributed by atoms with Crippen LogP contribution in [-0.4, -0.2) is 73.1 Å². The van der Waals surface area contributed by atoms with Crippen molar-refractivity contribution in [2.45, 2.75) is 25.7 Å². The van der Waals surface area contributed by atoms with Crippen LogP contribution in [0.15, 0.2) is 36.5 Å². The molecule has 166 valence electrons. The molecule has 0 unspecified atom stereocenters. The Balaban J connectivity index is 1.20. The van der Waals surface area contributed by atoms with Crippen LogP contribution < -0.4 is 15.1 Å². The predicted octanol–water partition coefficient (Wildman–Crippen LogP) is 3.06. The Bertz CT molecular complexity index is 850. The van der Waals surface area contributed by atoms with Gasteiger partial charge in [0.2, 0.25) is 5.95 Å². The quantitative estimate of drug-likeness (QED) is 0.665. The number of carbonyl (C=O) groups excluding carboxylic acids is 1. The minimum Gasteiger partial charge on any atom is -0.369 e. The summed E-state index contributed by atoms with van der Waals surface area (Å²) < 4.78 is 0. The number of piperazine rings is 1. The summed E-state index contributed by atoms with van der Waals surface area (Å²) in [6, 6.07) is 10.6. The molecule has 3 heterocycles. The zero-order valence-corrected chi connectivity index (χ0v) is 18.7. The van der Waals surface area contributed by atoms with Crippen molar-refractivity contribution in [3.05, 3.63) is 47.2 Å². The first-order valence-electron chi connectivity index (χ1n) is 11.3. The van der Waals surface area contributed by atoms with Gasteiger partial charge >= 0.3 is 0 Å². The molecule has 2 fully saturated rings. The van der Waals surface area contributed by atoms with Crippen molar-refractivity contribution < 1.29 is 4.79 Å². The molecule has 2 aliphatic heterocycles. The van der Waals surface area contributed by atoms with E-state index >= 15 is 0 Å². The third-order valence-electron chi connectivity index (χ3n) is 6.02. The topological polar surface area (TPSA) is 64.6 Å². The van der Waals surface area contributed by atoms with E-state index in [9.17, 15) is 4.79 Å². The maximum Gasteiger partial charge on any atom is 0.271 e. The molecule has 2 saturated heterocycles. The van der Waals surface area contributed by atoms with Gasteiger partial charge in [-0.3, -0.25) is 9.69 Å². The van der Waals surface area contributed by atoms with Gasteiger partial charge in [-0.25, -0.2) is 9.97 Å². The molecule has 0 bridgehead atoms. The fourth-order valence-corrected chi connectivity index (χ4v) is 4.40. The van der Waals surface area contributed by atoms with Crippen LogP contribution in [0.3, 0.4) is 0 Å². The van der Waals surface area contributed by atoms with Crippen LogP contribution >= 0.6 is 11.6 Å². The number of hydrogen-bond acceptors (Lipinski definition) is 6. The minimum atomic E-state index is -0.223. The van der Waals surface area contributed by atoms with Crippen molar-refractivity contribution in [2.24, 2.45) is 0 Å². The number of para-hydroxylation sites is 1. The van der Waals surface area contributed by atoms with Gasteiger partial charge in [-0.1, -0.05) is 29.8 Å². The van der Waals surface area contributed by atoms with Crippen molar-refractivity contribution in [1.29, 1.82) is 0 Å². The maximum atomic E-state index is 12.6. The highest BCUT2D eigenvalue weighted by Gasteiger charge is 2.19. The lowest BCUT2D eigenvalue weighted by Gasteiger charge is -2.36. The van der Waals surface area contributed by atoms with E-state index in [2.05, 4.69) is 60.3 Å². The molecule has 0 saturated carbocycles. The van der Waals surface area contributed by atoms with E-state index in [0.717, 1.165) is 65.1 Å². The maximum absolute atomic E-state index is 12.6. The molecule has 7 nitrogen and oxygen atoms in total. The molecule has 0 radical (unpaired) electrons. The number of halogens is 1. The summed E-state index contributed by atoms with van der Waals surface area (Å²) in [6.07, 6.45) is 5.94. The number of nitrogens with one attached hydrogen (secondary N) is 1. The molecule has 2 aromatic rings. The Labute approximate surface area is 189 Å². The van der Waals surface area contributed by atoms with Gasteiger partial charge in [0.05, 0.1) is 11.2 Å². The lowest BCUT2D eigenvalue weighted by atomic mass is 10.1. The zero-order chi connectivity index (χ0) is 21.5. The first-order valence-corrected chi connectivity index (χ1v) is 11.7. The number of benzene rings is 1. The minimum absolute atomic E-state index is 0.223. The number of nitrogens with zero attached hydrogens (tertiary/aromatic N) is 5. The van der Waals surface area contributed by atoms with Crippen LogP contribution in [0.2, 0.25) is 5.02 Å². The number of anilines is 2. The second-order valence-electron chi connectivity index (χ2n) is 8.19. The standard InChI is InChI=1S/C23H31ClN6O/c24-20-18-26-23(30-12-5-2-6-13-30)27-21(20)22(31)25-10-7-11-28-14-16-29(17-15-28)19-8-3-1-4-9-19/h1,3-4,8-9,18H,2,5-7,10-17H2,(H,25,31). The lowest BCUT2D eigenvalue weighted by molar-refractivity contribution is 0.0946. The van der Waals surface area contributed by atoms with Crippen LogP contribution in [0.5, 0.6) is 0 Å². The van der Waals surface area contributed by atoms with Crippen molar-refractivity contribution in [3.63, 3.8) is 0 Å². The second-order valence-corrected chi connectivity index (χ2v) is 8.60. The first kappa shape index (κ1) is 21.8. The van der Waals surface area contributed by atoms with Crippen LogP contribution in [0, 0.1) is 0 Å². The Morgan fingerprint density at radius 2 is 1.71 bits per heavy atom. The van der Waals surface area contributed by atoms with Crippen LogP contribution in [0.1, 0.15) is 36.2 Å². The molecule has 1 N–H and O–H groups in total. The zero-order valence-electron chi connectivity index (χ0n) is 18.0. The molecule has 1 amide bonds. The normalized spacial score (nSPS) is 17.6. The number of rotatable bonds is 7. The molecule has 1 aromatic carbocycles. The fourth-order valence-electron chi connectivity index (χ4n) is 4.22. The molecule has 0 spiro atoms. The molecule has 0 aliphatic carbocycles. The van der Waals surface area contributed by atoms with Gasteiger partial charge in [0.25, 0.3) is 5.91 Å². The molecule has 2 aliphatic rings. The summed E-state index contributed by atoms with van der Waals surface area (Å²) >= 11 is 6.21. The predicted molar refractivity (Wildman–Crippen MR) is 125 cm³/mol. The van der Waals surface area contributed by atoms with E-state index in [4.69, 9.17) is 11.6 Å². The Morgan fingerprint density at radius 3 is 2.45 bits per heavy atom. The van der Waals surface area contributed by atoms with Crippen molar-refractivity contribution in [3.8, 4) is 0 Å². The summed E-state index contributed by atoms with van der Waals surface area (Å²) in [6.45, 7) is 7.59. The average molecular weight is 443 g/mol. The van der Waals surface area contributed by atoms with Crippen LogP contribution in [0.4, 0.5) is 11.6 Å². The number of piperidine rings is 1. The van der Waals surface area contributed by atoms with E-state index in [1.165, 1.54) is 12.1 Å². The molecule has 0 atom stereocenters. The second kappa shape index (κ2) is 10.8. The summed E-state index contributed by atoms with van der Waals surface area (Å²) in [5.41, 5.74) is 1.56. The number of carbonyl (C=O) groups is 1. The highest BCUT2D eigenvalue weighted by atomic mass is 35.5. The Kier molecular flexibility index (Phi) is 7.59. The van der Waals surface area contributed by atoms with Gasteiger partial charge in [-0.15, -0.1) is 0 Å². The monoisotopic (exact) mass is 442 g/mol. The summed E-state index contributed by atoms with van der Waals surface area (Å²) in [5.74, 6) is 0.380. The molecule has 31 heavy (non-hydrogen) atoms. The van der Waals surface area contributed by atoms with E-state index in [1.807, 2.05) is 0 Å². The molecule has 1 aromatic heterocycles. The highest BCUT2D eigenvalue weighted by Crippen LogP contribution is 2.20. The smallest absolute Gasteiger partial charge is 0.271 e. The third kappa shape index (κ3) is 5.86. The number of aromatic nitrogens is 2. The Morgan fingerprint density at radius 1 is 0.968 bits per heavy atom. The van der Waals surface area contributed by atoms with Crippen molar-refractivity contribution >= 4 is 29.1 Å². The van der Waals surface area contributed by atoms with Crippen molar-refractivity contribution in [1.82, 2.24) is 20.2 Å². The SMILES string of the molecule is O=C(NCCCN1CCN(c2ccccc2)CC1)c1nc(N2CCCCC2)ncc1Cl. The highest BCUT2D eigenvalue weighted by molar-refractivity contribution is 6.33. The largest absolute Gasteiger partial charge is 0.369 e. The van der Waals surface area contributed by atoms with E-state index in [-0.39, 0.29) is 11.6 Å². The van der Waals surface area contributed by atoms with E-state index in [1.54, 1.807) is 6.20 Å². The summed E-state index contributed by atoms with van der Waals surface area (Å²) in [5, 5.41) is 3.28. The molecular weight excluding hydrogens is 412 g/mol. The summed E-state index contributed by atoms with van der Waals surface area (Å²) in [4.78, 5) is 28.4.